The van der Waals surface area contributed by atoms with E-state index in [4.69, 9.17) is 0 Å². The number of alkyl halides is 3. The van der Waals surface area contributed by atoms with Gasteiger partial charge in [0.15, 0.2) is 23.3 Å². The first-order valence-electron chi connectivity index (χ1n) is 4.70. The highest BCUT2D eigenvalue weighted by Gasteiger charge is 2.42. The molecule has 0 amide bonds. The van der Waals surface area contributed by atoms with Crippen molar-refractivity contribution < 1.29 is 30.7 Å². The SMILES string of the molecule is Fc1c(F)c(C(F)(F)F)c(F)c(F)c1-c1ccsc1. The molecule has 2 rings (SSSR count). The minimum Gasteiger partial charge on any atom is -0.203 e. The number of thiophene rings is 1. The monoisotopic (exact) mass is 300 g/mol. The second kappa shape index (κ2) is 4.52. The molecule has 1 aromatic carbocycles. The molecule has 0 N–H and O–H groups in total. The van der Waals surface area contributed by atoms with Crippen molar-refractivity contribution >= 4 is 11.3 Å². The number of hydrogen-bond donors (Lipinski definition) is 0. The summed E-state index contributed by atoms with van der Waals surface area (Å²) in [5.74, 6) is -9.03. The zero-order chi connectivity index (χ0) is 14.4. The van der Waals surface area contributed by atoms with Crippen LogP contribution in [0.2, 0.25) is 0 Å². The highest BCUT2D eigenvalue weighted by Crippen LogP contribution is 2.40. The van der Waals surface area contributed by atoms with Gasteiger partial charge in [-0.15, -0.1) is 0 Å². The summed E-state index contributed by atoms with van der Waals surface area (Å²) in [7, 11) is 0. The molecule has 0 saturated carbocycles. The molecule has 1 heterocycles. The third-order valence-corrected chi connectivity index (χ3v) is 3.04. The molecule has 0 unspecified atom stereocenters. The van der Waals surface area contributed by atoms with Crippen LogP contribution in [0.5, 0.6) is 0 Å². The summed E-state index contributed by atoms with van der Waals surface area (Å²) in [5.41, 5.74) is -3.95. The fraction of sp³-hybridized carbons (Fsp3) is 0.0909. The minimum absolute atomic E-state index is 0.230. The summed E-state index contributed by atoms with van der Waals surface area (Å²) >= 11 is 0.973. The molecule has 0 aliphatic carbocycles. The summed E-state index contributed by atoms with van der Waals surface area (Å²) in [5, 5.41) is 2.52. The van der Waals surface area contributed by atoms with Gasteiger partial charge >= 0.3 is 6.18 Å². The van der Waals surface area contributed by atoms with Gasteiger partial charge in [0.25, 0.3) is 0 Å². The quantitative estimate of drug-likeness (QED) is 0.514. The third kappa shape index (κ3) is 2.20. The average molecular weight is 300 g/mol. The van der Waals surface area contributed by atoms with E-state index in [9.17, 15) is 30.7 Å². The second-order valence-corrected chi connectivity index (χ2v) is 4.30. The molecule has 0 aliphatic rings. The van der Waals surface area contributed by atoms with Crippen molar-refractivity contribution in [3.8, 4) is 11.1 Å². The molecule has 1 aromatic heterocycles. The van der Waals surface area contributed by atoms with Crippen LogP contribution in [-0.2, 0) is 6.18 Å². The molecular weight excluding hydrogens is 297 g/mol. The van der Waals surface area contributed by atoms with Crippen molar-refractivity contribution in [2.75, 3.05) is 0 Å². The van der Waals surface area contributed by atoms with E-state index >= 15 is 0 Å². The van der Waals surface area contributed by atoms with Gasteiger partial charge < -0.3 is 0 Å². The summed E-state index contributed by atoms with van der Waals surface area (Å²) in [6.07, 6.45) is -5.52. The van der Waals surface area contributed by atoms with Crippen LogP contribution < -0.4 is 0 Å². The standard InChI is InChI=1S/C11H3F7S/c12-7-5(4-1-2-19-3-4)8(13)10(15)6(9(7)14)11(16,17)18/h1-3H. The maximum absolute atomic E-state index is 13.5. The Bertz CT molecular complexity index is 584. The van der Waals surface area contributed by atoms with Crippen LogP contribution in [-0.4, -0.2) is 0 Å². The number of halogens is 7. The third-order valence-electron chi connectivity index (χ3n) is 2.36. The van der Waals surface area contributed by atoms with Gasteiger partial charge in [0.1, 0.15) is 5.56 Å². The lowest BCUT2D eigenvalue weighted by Crippen LogP contribution is -2.15. The van der Waals surface area contributed by atoms with Crippen molar-refractivity contribution in [1.82, 2.24) is 0 Å². The van der Waals surface area contributed by atoms with E-state index in [2.05, 4.69) is 0 Å². The van der Waals surface area contributed by atoms with E-state index in [0.717, 1.165) is 22.8 Å². The summed E-state index contributed by atoms with van der Waals surface area (Å²) in [6, 6.07) is 1.14. The first-order chi connectivity index (χ1) is 8.75. The molecule has 0 fully saturated rings. The molecule has 0 nitrogen and oxygen atoms in total. The van der Waals surface area contributed by atoms with Crippen molar-refractivity contribution in [3.63, 3.8) is 0 Å². The van der Waals surface area contributed by atoms with Crippen molar-refractivity contribution in [2.24, 2.45) is 0 Å². The smallest absolute Gasteiger partial charge is 0.203 e. The Hall–Kier alpha value is -1.57. The molecule has 19 heavy (non-hydrogen) atoms. The maximum Gasteiger partial charge on any atom is 0.422 e. The lowest BCUT2D eigenvalue weighted by molar-refractivity contribution is -0.143. The number of benzene rings is 1. The van der Waals surface area contributed by atoms with Gasteiger partial charge in [-0.3, -0.25) is 0 Å². The fourth-order valence-corrected chi connectivity index (χ4v) is 2.19. The fourth-order valence-electron chi connectivity index (χ4n) is 1.54. The first-order valence-corrected chi connectivity index (χ1v) is 5.65. The lowest BCUT2D eigenvalue weighted by atomic mass is 10.0. The van der Waals surface area contributed by atoms with Crippen LogP contribution in [0.1, 0.15) is 5.56 Å². The molecule has 0 atom stereocenters. The van der Waals surface area contributed by atoms with Crippen LogP contribution in [0.15, 0.2) is 16.8 Å². The van der Waals surface area contributed by atoms with Crippen molar-refractivity contribution in [2.45, 2.75) is 6.18 Å². The Morgan fingerprint density at radius 3 is 1.74 bits per heavy atom. The van der Waals surface area contributed by atoms with Crippen LogP contribution in [0.25, 0.3) is 11.1 Å². The zero-order valence-electron chi connectivity index (χ0n) is 8.79. The Balaban J connectivity index is 2.82. The molecule has 0 aliphatic heterocycles. The predicted molar refractivity (Wildman–Crippen MR) is 54.6 cm³/mol. The van der Waals surface area contributed by atoms with Gasteiger partial charge in [-0.1, -0.05) is 0 Å². The van der Waals surface area contributed by atoms with Crippen LogP contribution in [0.4, 0.5) is 30.7 Å². The maximum atomic E-state index is 13.5. The Labute approximate surface area is 106 Å². The first kappa shape index (κ1) is 13.9. The predicted octanol–water partition coefficient (Wildman–Crippen LogP) is 4.99. The normalized spacial score (nSPS) is 11.9. The van der Waals surface area contributed by atoms with E-state index in [1.165, 1.54) is 5.38 Å². The second-order valence-electron chi connectivity index (χ2n) is 3.52. The van der Waals surface area contributed by atoms with Crippen LogP contribution >= 0.6 is 11.3 Å². The minimum atomic E-state index is -5.52. The topological polar surface area (TPSA) is 0 Å². The van der Waals surface area contributed by atoms with E-state index in [0.29, 0.717) is 0 Å². The largest absolute Gasteiger partial charge is 0.422 e. The highest BCUT2D eigenvalue weighted by atomic mass is 32.1. The van der Waals surface area contributed by atoms with Gasteiger partial charge in [0.2, 0.25) is 0 Å². The molecule has 102 valence electrons. The zero-order valence-corrected chi connectivity index (χ0v) is 9.60. The molecule has 8 heteroatoms. The summed E-state index contributed by atoms with van der Waals surface area (Å²) < 4.78 is 90.6. The van der Waals surface area contributed by atoms with Crippen molar-refractivity contribution in [3.05, 3.63) is 45.7 Å². The van der Waals surface area contributed by atoms with Crippen LogP contribution in [0, 0.1) is 23.3 Å². The Morgan fingerprint density at radius 2 is 1.37 bits per heavy atom. The van der Waals surface area contributed by atoms with E-state index < -0.39 is 40.6 Å². The van der Waals surface area contributed by atoms with Crippen LogP contribution in [0.3, 0.4) is 0 Å². The molecule has 0 bridgehead atoms. The molecular formula is C11H3F7S. The number of rotatable bonds is 1. The van der Waals surface area contributed by atoms with E-state index in [1.54, 1.807) is 0 Å². The number of hydrogen-bond acceptors (Lipinski definition) is 1. The van der Waals surface area contributed by atoms with Gasteiger partial charge in [-0.2, -0.15) is 24.5 Å². The summed E-state index contributed by atoms with van der Waals surface area (Å²) in [6.45, 7) is 0. The molecule has 0 radical (unpaired) electrons. The van der Waals surface area contributed by atoms with Gasteiger partial charge in [0, 0.05) is 0 Å². The van der Waals surface area contributed by atoms with E-state index in [-0.39, 0.29) is 5.56 Å². The van der Waals surface area contributed by atoms with Crippen molar-refractivity contribution in [1.29, 1.82) is 0 Å². The van der Waals surface area contributed by atoms with E-state index in [1.807, 2.05) is 0 Å². The summed E-state index contributed by atoms with van der Waals surface area (Å²) in [4.78, 5) is 0. The van der Waals surface area contributed by atoms with Gasteiger partial charge in [0.05, 0.1) is 5.56 Å². The highest BCUT2D eigenvalue weighted by molar-refractivity contribution is 7.08. The Kier molecular flexibility index (Phi) is 3.29. The van der Waals surface area contributed by atoms with Gasteiger partial charge in [-0.25, -0.2) is 17.6 Å². The molecule has 0 spiro atoms. The molecule has 2 aromatic rings. The lowest BCUT2D eigenvalue weighted by Gasteiger charge is -2.13. The van der Waals surface area contributed by atoms with Gasteiger partial charge in [-0.05, 0) is 22.4 Å². The molecule has 0 saturated heterocycles. The Morgan fingerprint density at radius 1 is 0.842 bits per heavy atom. The average Bonchev–Trinajstić information content (AvgIpc) is 2.79.